The first-order valence-corrected chi connectivity index (χ1v) is 42.7. The summed E-state index contributed by atoms with van der Waals surface area (Å²) < 4.78 is 2.54. The van der Waals surface area contributed by atoms with E-state index in [1.165, 1.54) is 88.4 Å². The fraction of sp³-hybridized carbons (Fsp3) is 0.211. The number of para-hydroxylation sites is 3. The summed E-state index contributed by atoms with van der Waals surface area (Å²) in [5.41, 5.74) is 37.7. The molecule has 18 rings (SSSR count). The van der Waals surface area contributed by atoms with E-state index in [9.17, 15) is 0 Å². The summed E-state index contributed by atoms with van der Waals surface area (Å²) in [5.74, 6) is 0. The molecule has 119 heavy (non-hydrogen) atoms. The molecule has 3 heterocycles. The Hall–Kier alpha value is -12.4. The zero-order valence-electron chi connectivity index (χ0n) is 72.6. The van der Waals surface area contributed by atoms with Crippen molar-refractivity contribution in [1.29, 1.82) is 0 Å². The van der Waals surface area contributed by atoms with E-state index in [4.69, 9.17) is 0 Å². The van der Waals surface area contributed by atoms with Crippen LogP contribution < -0.4 is 31.1 Å². The van der Waals surface area contributed by atoms with Crippen LogP contribution in [0.1, 0.15) is 158 Å². The first-order chi connectivity index (χ1) is 56.8. The second kappa shape index (κ2) is 29.3. The standard InChI is InChI=1S/C114H109BN4/c1-109(2,3)82-59-79(60-83(66-82)110(4,5)6)78-53-56-98-102(63-78)118(107-93(74-39-25-19-26-40-74)68-86(113(13,14)15)69-94(107)75-41-27-20-28-42-75)104-64-81(80-61-84(111(7,8)9)67-85(62-80)112(10,11)12)65-105-106(104)115(98)99-57-54-91(73-103(99)119(105)108-95(76-43-29-21-30-44-76)70-87(114(16,17)18)71-96(108)77-45-31-22-32-46-77)117-100-52-38-37-51-92(100)97-72-90(55-58-101(97)117)116(88-47-33-23-34-48-88)89-49-35-24-36-50-89/h19-73H,1-18H3. The summed E-state index contributed by atoms with van der Waals surface area (Å²) in [6.45, 7) is 42.4. The van der Waals surface area contributed by atoms with Crippen molar-refractivity contribution in [2.24, 2.45) is 0 Å². The number of aromatic nitrogens is 1. The molecule has 2 aliphatic rings. The fourth-order valence-electron chi connectivity index (χ4n) is 18.2. The van der Waals surface area contributed by atoms with Crippen LogP contribution in [-0.4, -0.2) is 11.3 Å². The number of benzene rings is 15. The SMILES string of the molecule is CC(C)(C)c1cc(-c2ccc3c(c2)N(c2c(-c4ccccc4)cc(C(C)(C)C)cc2-c2ccccc2)c2cc(-c4cc(C(C)(C)C)cc(C(C)(C)C)c4)cc4c2B3c2ccc(-n3c5ccccc5c5cc(N(c6ccccc6)c6ccccc6)ccc53)cc2N4c2c(-c3ccccc3)cc(C(C)(C)C)cc2-c2ccccc2)cc(C(C)(C)C)c1. The van der Waals surface area contributed by atoms with Gasteiger partial charge in [0.2, 0.25) is 0 Å². The molecule has 0 unspecified atom stereocenters. The Balaban J connectivity index is 1.04. The van der Waals surface area contributed by atoms with Crippen LogP contribution in [0.15, 0.2) is 334 Å². The first-order valence-electron chi connectivity index (χ1n) is 42.7. The van der Waals surface area contributed by atoms with Gasteiger partial charge in [0.1, 0.15) is 0 Å². The van der Waals surface area contributed by atoms with Crippen molar-refractivity contribution in [2.45, 2.75) is 157 Å². The van der Waals surface area contributed by atoms with Crippen LogP contribution >= 0.6 is 0 Å². The lowest BCUT2D eigenvalue weighted by atomic mass is 9.33. The van der Waals surface area contributed by atoms with Crippen LogP contribution in [0.5, 0.6) is 0 Å². The molecule has 0 spiro atoms. The third-order valence-corrected chi connectivity index (χ3v) is 25.0. The molecule has 0 bridgehead atoms. The van der Waals surface area contributed by atoms with E-state index in [1.54, 1.807) is 0 Å². The van der Waals surface area contributed by atoms with Gasteiger partial charge in [0.15, 0.2) is 0 Å². The number of hydrogen-bond acceptors (Lipinski definition) is 3. The molecule has 588 valence electrons. The molecule has 15 aromatic carbocycles. The van der Waals surface area contributed by atoms with Crippen LogP contribution in [0.25, 0.3) is 94.3 Å². The van der Waals surface area contributed by atoms with Gasteiger partial charge in [0.05, 0.1) is 22.4 Å². The fourth-order valence-corrected chi connectivity index (χ4v) is 18.2. The third kappa shape index (κ3) is 14.3. The van der Waals surface area contributed by atoms with Gasteiger partial charge in [-0.1, -0.05) is 355 Å². The molecule has 2 aliphatic heterocycles. The van der Waals surface area contributed by atoms with Crippen molar-refractivity contribution in [1.82, 2.24) is 4.57 Å². The summed E-state index contributed by atoms with van der Waals surface area (Å²) in [7, 11) is 0. The van der Waals surface area contributed by atoms with E-state index in [0.717, 1.165) is 107 Å². The van der Waals surface area contributed by atoms with Gasteiger partial charge in [-0.2, -0.15) is 0 Å². The molecular formula is C114H109BN4. The van der Waals surface area contributed by atoms with Gasteiger partial charge in [0.25, 0.3) is 6.71 Å². The third-order valence-electron chi connectivity index (χ3n) is 25.0. The lowest BCUT2D eigenvalue weighted by molar-refractivity contribution is 0.568. The molecule has 0 N–H and O–H groups in total. The van der Waals surface area contributed by atoms with Gasteiger partial charge >= 0.3 is 0 Å². The Bertz CT molecular complexity index is 6350. The molecule has 0 aliphatic carbocycles. The molecule has 0 saturated heterocycles. The predicted molar refractivity (Wildman–Crippen MR) is 514 cm³/mol. The quantitative estimate of drug-likeness (QED) is 0.113. The van der Waals surface area contributed by atoms with E-state index < -0.39 is 0 Å². The maximum atomic E-state index is 2.77. The Labute approximate surface area is 707 Å². The lowest BCUT2D eigenvalue weighted by Gasteiger charge is -2.46. The van der Waals surface area contributed by atoms with Crippen molar-refractivity contribution >= 4 is 96.1 Å². The van der Waals surface area contributed by atoms with Crippen molar-refractivity contribution in [3.8, 4) is 72.4 Å². The Kier molecular flexibility index (Phi) is 19.1. The molecular weight excluding hydrogens is 1440 g/mol. The summed E-state index contributed by atoms with van der Waals surface area (Å²) in [6.07, 6.45) is 0. The smallest absolute Gasteiger partial charge is 0.252 e. The van der Waals surface area contributed by atoms with Gasteiger partial charge in [-0.05, 0) is 230 Å². The average molecular weight is 1550 g/mol. The van der Waals surface area contributed by atoms with Crippen LogP contribution in [0.2, 0.25) is 0 Å². The van der Waals surface area contributed by atoms with Crippen LogP contribution in [-0.2, 0) is 32.5 Å². The second-order valence-electron chi connectivity index (χ2n) is 39.5. The normalized spacial score (nSPS) is 13.1. The topological polar surface area (TPSA) is 14.7 Å². The van der Waals surface area contributed by atoms with Crippen LogP contribution in [0.4, 0.5) is 51.2 Å². The minimum absolute atomic E-state index is 0.123. The van der Waals surface area contributed by atoms with E-state index in [1.807, 2.05) is 0 Å². The molecule has 0 amide bonds. The summed E-state index contributed by atoms with van der Waals surface area (Å²) in [5, 5.41) is 2.36. The highest BCUT2D eigenvalue weighted by Gasteiger charge is 2.47. The van der Waals surface area contributed by atoms with Crippen LogP contribution in [0, 0.1) is 0 Å². The van der Waals surface area contributed by atoms with E-state index in [2.05, 4.69) is 478 Å². The van der Waals surface area contributed by atoms with Gasteiger partial charge in [-0.15, -0.1) is 0 Å². The first kappa shape index (κ1) is 77.8. The highest BCUT2D eigenvalue weighted by Crippen LogP contribution is 2.57. The van der Waals surface area contributed by atoms with Crippen molar-refractivity contribution in [2.75, 3.05) is 14.7 Å². The summed E-state index contributed by atoms with van der Waals surface area (Å²) in [4.78, 5) is 7.92. The molecule has 5 heteroatoms. The average Bonchev–Trinajstić information content (AvgIpc) is 0.791. The van der Waals surface area contributed by atoms with Gasteiger partial charge < -0.3 is 19.3 Å². The minimum Gasteiger partial charge on any atom is -0.310 e. The molecule has 0 radical (unpaired) electrons. The van der Waals surface area contributed by atoms with E-state index in [-0.39, 0.29) is 39.2 Å². The number of nitrogens with zero attached hydrogens (tertiary/aromatic N) is 4. The number of hydrogen-bond donors (Lipinski definition) is 0. The monoisotopic (exact) mass is 1540 g/mol. The number of fused-ring (bicyclic) bond motifs is 7. The zero-order chi connectivity index (χ0) is 83.0. The maximum absolute atomic E-state index is 2.77. The lowest BCUT2D eigenvalue weighted by Crippen LogP contribution is -2.61. The molecule has 16 aromatic rings. The molecule has 4 nitrogen and oxygen atoms in total. The molecule has 0 fully saturated rings. The Morgan fingerprint density at radius 1 is 0.227 bits per heavy atom. The van der Waals surface area contributed by atoms with Crippen molar-refractivity contribution in [3.05, 3.63) is 367 Å². The van der Waals surface area contributed by atoms with Gasteiger partial charge in [-0.25, -0.2) is 0 Å². The number of rotatable bonds is 12. The summed E-state index contributed by atoms with van der Waals surface area (Å²) >= 11 is 0. The Morgan fingerprint density at radius 2 is 0.546 bits per heavy atom. The van der Waals surface area contributed by atoms with E-state index >= 15 is 0 Å². The van der Waals surface area contributed by atoms with Crippen molar-refractivity contribution in [3.63, 3.8) is 0 Å². The predicted octanol–water partition coefficient (Wildman–Crippen LogP) is 30.1. The largest absolute Gasteiger partial charge is 0.310 e. The van der Waals surface area contributed by atoms with Crippen LogP contribution in [0.3, 0.4) is 0 Å². The highest BCUT2D eigenvalue weighted by molar-refractivity contribution is 7.00. The van der Waals surface area contributed by atoms with E-state index in [0.29, 0.717) is 0 Å². The number of anilines is 9. The zero-order valence-corrected chi connectivity index (χ0v) is 72.6. The minimum atomic E-state index is -0.294. The highest BCUT2D eigenvalue weighted by atomic mass is 15.2. The van der Waals surface area contributed by atoms with Gasteiger partial charge in [-0.3, -0.25) is 0 Å². The Morgan fingerprint density at radius 3 is 0.941 bits per heavy atom. The second-order valence-corrected chi connectivity index (χ2v) is 39.5. The molecule has 0 saturated carbocycles. The van der Waals surface area contributed by atoms with Crippen molar-refractivity contribution < 1.29 is 0 Å². The molecule has 0 atom stereocenters. The summed E-state index contributed by atoms with van der Waals surface area (Å²) in [6, 6.07) is 128. The molecule has 1 aromatic heterocycles. The van der Waals surface area contributed by atoms with Gasteiger partial charge in [0, 0.05) is 78.5 Å². The maximum Gasteiger partial charge on any atom is 0.252 e.